The van der Waals surface area contributed by atoms with Gasteiger partial charge in [-0.2, -0.15) is 0 Å². The monoisotopic (exact) mass is 185 g/mol. The largest absolute Gasteiger partial charge is 0.464 e. The molecule has 0 aromatic carbocycles. The van der Waals surface area contributed by atoms with Crippen LogP contribution in [0, 0.1) is 6.92 Å². The summed E-state index contributed by atoms with van der Waals surface area (Å²) in [5.74, 6) is -0.344. The summed E-state index contributed by atoms with van der Waals surface area (Å²) in [5.41, 5.74) is 0.458. The van der Waals surface area contributed by atoms with Gasteiger partial charge < -0.3 is 4.74 Å². The first-order valence-electron chi connectivity index (χ1n) is 3.73. The molecular weight excluding hydrogens is 174 g/mol. The van der Waals surface area contributed by atoms with E-state index < -0.39 is 0 Å². The van der Waals surface area contributed by atoms with Crippen LogP contribution >= 0.6 is 11.3 Å². The van der Waals surface area contributed by atoms with Gasteiger partial charge in [0.15, 0.2) is 5.69 Å². The van der Waals surface area contributed by atoms with E-state index in [0.29, 0.717) is 5.69 Å². The van der Waals surface area contributed by atoms with Gasteiger partial charge in [-0.05, 0) is 13.3 Å². The Bertz CT molecular complexity index is 293. The van der Waals surface area contributed by atoms with Gasteiger partial charge in [0.2, 0.25) is 0 Å². The molecule has 0 aliphatic carbocycles. The van der Waals surface area contributed by atoms with E-state index >= 15 is 0 Å². The first-order chi connectivity index (χ1) is 5.69. The molecule has 0 saturated carbocycles. The van der Waals surface area contributed by atoms with E-state index in [-0.39, 0.29) is 5.97 Å². The first kappa shape index (κ1) is 9.19. The van der Waals surface area contributed by atoms with Gasteiger partial charge in [0, 0.05) is 4.88 Å². The van der Waals surface area contributed by atoms with Crippen LogP contribution in [0.15, 0.2) is 0 Å². The second-order valence-electron chi connectivity index (χ2n) is 2.36. The predicted octanol–water partition coefficient (Wildman–Crippen LogP) is 1.80. The van der Waals surface area contributed by atoms with E-state index in [1.54, 1.807) is 11.3 Å². The van der Waals surface area contributed by atoms with Gasteiger partial charge in [-0.25, -0.2) is 9.78 Å². The zero-order valence-corrected chi connectivity index (χ0v) is 8.20. The highest BCUT2D eigenvalue weighted by atomic mass is 32.1. The van der Waals surface area contributed by atoms with Crippen LogP contribution in [0.25, 0.3) is 0 Å². The third kappa shape index (κ3) is 1.64. The quantitative estimate of drug-likeness (QED) is 0.659. The summed E-state index contributed by atoms with van der Waals surface area (Å²) in [6, 6.07) is 0. The molecule has 0 saturated heterocycles. The number of ether oxygens (including phenoxy) is 1. The lowest BCUT2D eigenvalue weighted by molar-refractivity contribution is 0.0594. The molecule has 66 valence electrons. The second-order valence-corrected chi connectivity index (χ2v) is 3.65. The number of carbonyl (C=O) groups excluding carboxylic acids is 1. The average Bonchev–Trinajstić information content (AvgIpc) is 2.45. The number of hydrogen-bond donors (Lipinski definition) is 0. The molecular formula is C8H11NO2S. The van der Waals surface area contributed by atoms with E-state index in [1.807, 2.05) is 13.8 Å². The van der Waals surface area contributed by atoms with Crippen molar-refractivity contribution in [1.29, 1.82) is 0 Å². The standard InChI is InChI=1S/C8H11NO2S/c1-4-6-9-7(5(2)12-6)8(10)11-3/h4H2,1-3H3. The average molecular weight is 185 g/mol. The Morgan fingerprint density at radius 3 is 2.75 bits per heavy atom. The van der Waals surface area contributed by atoms with Crippen molar-refractivity contribution in [1.82, 2.24) is 4.98 Å². The number of hydrogen-bond acceptors (Lipinski definition) is 4. The Balaban J connectivity index is 2.99. The fourth-order valence-corrected chi connectivity index (χ4v) is 1.75. The third-order valence-electron chi connectivity index (χ3n) is 1.52. The van der Waals surface area contributed by atoms with Crippen LogP contribution in [0.1, 0.15) is 27.3 Å². The molecule has 3 nitrogen and oxygen atoms in total. The highest BCUT2D eigenvalue weighted by Gasteiger charge is 2.14. The van der Waals surface area contributed by atoms with Crippen LogP contribution < -0.4 is 0 Å². The lowest BCUT2D eigenvalue weighted by Crippen LogP contribution is -2.03. The Hall–Kier alpha value is -0.900. The normalized spacial score (nSPS) is 9.92. The summed E-state index contributed by atoms with van der Waals surface area (Å²) in [6.07, 6.45) is 0.864. The molecule has 0 unspecified atom stereocenters. The molecule has 0 aliphatic rings. The number of rotatable bonds is 2. The van der Waals surface area contributed by atoms with Crippen molar-refractivity contribution in [2.45, 2.75) is 20.3 Å². The summed E-state index contributed by atoms with van der Waals surface area (Å²) in [7, 11) is 1.37. The molecule has 0 atom stereocenters. The Morgan fingerprint density at radius 2 is 2.33 bits per heavy atom. The summed E-state index contributed by atoms with van der Waals surface area (Å²) in [5, 5.41) is 0.980. The number of carbonyl (C=O) groups is 1. The van der Waals surface area contributed by atoms with Crippen molar-refractivity contribution in [2.24, 2.45) is 0 Å². The van der Waals surface area contributed by atoms with E-state index in [2.05, 4.69) is 9.72 Å². The summed E-state index contributed by atoms with van der Waals surface area (Å²) in [6.45, 7) is 3.89. The van der Waals surface area contributed by atoms with E-state index in [4.69, 9.17) is 0 Å². The van der Waals surface area contributed by atoms with Crippen LogP contribution in [-0.2, 0) is 11.2 Å². The summed E-state index contributed by atoms with van der Waals surface area (Å²) < 4.78 is 4.58. The number of thiazole rings is 1. The number of methoxy groups -OCH3 is 1. The Labute approximate surface area is 75.4 Å². The molecule has 1 heterocycles. The van der Waals surface area contributed by atoms with Crippen molar-refractivity contribution in [3.63, 3.8) is 0 Å². The Kier molecular flexibility index (Phi) is 2.81. The fourth-order valence-electron chi connectivity index (χ4n) is 0.889. The molecule has 12 heavy (non-hydrogen) atoms. The van der Waals surface area contributed by atoms with Crippen LogP contribution in [0.5, 0.6) is 0 Å². The number of esters is 1. The van der Waals surface area contributed by atoms with Crippen molar-refractivity contribution < 1.29 is 9.53 Å². The lowest BCUT2D eigenvalue weighted by atomic mass is 10.4. The van der Waals surface area contributed by atoms with Gasteiger partial charge in [-0.3, -0.25) is 0 Å². The van der Waals surface area contributed by atoms with Gasteiger partial charge in [-0.15, -0.1) is 11.3 Å². The zero-order chi connectivity index (χ0) is 9.14. The van der Waals surface area contributed by atoms with Gasteiger partial charge in [0.05, 0.1) is 12.1 Å². The Morgan fingerprint density at radius 1 is 1.67 bits per heavy atom. The van der Waals surface area contributed by atoms with Crippen LogP contribution in [-0.4, -0.2) is 18.1 Å². The molecule has 0 radical (unpaired) electrons. The molecule has 0 bridgehead atoms. The van der Waals surface area contributed by atoms with E-state index in [1.165, 1.54) is 7.11 Å². The van der Waals surface area contributed by atoms with Gasteiger partial charge >= 0.3 is 5.97 Å². The summed E-state index contributed by atoms with van der Waals surface area (Å²) in [4.78, 5) is 16.2. The summed E-state index contributed by atoms with van der Waals surface area (Å²) >= 11 is 1.55. The molecule has 0 aliphatic heterocycles. The number of aromatic nitrogens is 1. The second kappa shape index (κ2) is 3.67. The minimum absolute atomic E-state index is 0.344. The SMILES string of the molecule is CCc1nc(C(=O)OC)c(C)s1. The van der Waals surface area contributed by atoms with Gasteiger partial charge in [-0.1, -0.05) is 6.92 Å². The van der Waals surface area contributed by atoms with Crippen LogP contribution in [0.4, 0.5) is 0 Å². The molecule has 1 aromatic heterocycles. The van der Waals surface area contributed by atoms with Crippen LogP contribution in [0.3, 0.4) is 0 Å². The van der Waals surface area contributed by atoms with E-state index in [0.717, 1.165) is 16.3 Å². The van der Waals surface area contributed by atoms with Gasteiger partial charge in [0.25, 0.3) is 0 Å². The van der Waals surface area contributed by atoms with E-state index in [9.17, 15) is 4.79 Å². The molecule has 0 spiro atoms. The van der Waals surface area contributed by atoms with Crippen molar-refractivity contribution in [2.75, 3.05) is 7.11 Å². The molecule has 0 fully saturated rings. The first-order valence-corrected chi connectivity index (χ1v) is 4.55. The highest BCUT2D eigenvalue weighted by molar-refractivity contribution is 7.11. The number of aryl methyl sites for hydroxylation is 2. The highest BCUT2D eigenvalue weighted by Crippen LogP contribution is 2.18. The van der Waals surface area contributed by atoms with Crippen molar-refractivity contribution in [3.8, 4) is 0 Å². The zero-order valence-electron chi connectivity index (χ0n) is 7.38. The maximum Gasteiger partial charge on any atom is 0.357 e. The third-order valence-corrected chi connectivity index (χ3v) is 2.64. The van der Waals surface area contributed by atoms with Gasteiger partial charge in [0.1, 0.15) is 0 Å². The fraction of sp³-hybridized carbons (Fsp3) is 0.500. The molecule has 4 heteroatoms. The lowest BCUT2D eigenvalue weighted by Gasteiger charge is -1.93. The minimum Gasteiger partial charge on any atom is -0.464 e. The molecule has 0 N–H and O–H groups in total. The maximum atomic E-state index is 11.1. The van der Waals surface area contributed by atoms with Crippen molar-refractivity contribution >= 4 is 17.3 Å². The van der Waals surface area contributed by atoms with Crippen molar-refractivity contribution in [3.05, 3.63) is 15.6 Å². The molecule has 0 amide bonds. The minimum atomic E-state index is -0.344. The molecule has 1 aromatic rings. The smallest absolute Gasteiger partial charge is 0.357 e. The topological polar surface area (TPSA) is 39.2 Å². The predicted molar refractivity (Wildman–Crippen MR) is 47.6 cm³/mol. The van der Waals surface area contributed by atoms with Crippen LogP contribution in [0.2, 0.25) is 0 Å². The molecule has 1 rings (SSSR count). The maximum absolute atomic E-state index is 11.1. The number of nitrogens with zero attached hydrogens (tertiary/aromatic N) is 1.